The van der Waals surface area contributed by atoms with E-state index in [9.17, 15) is 9.18 Å². The largest absolute Gasteiger partial charge is 0.473 e. The second kappa shape index (κ2) is 12.2. The highest BCUT2D eigenvalue weighted by atomic mass is 35.5. The van der Waals surface area contributed by atoms with Crippen molar-refractivity contribution in [2.75, 3.05) is 38.1 Å². The maximum absolute atomic E-state index is 14.1. The van der Waals surface area contributed by atoms with E-state index in [1.807, 2.05) is 24.3 Å². The number of nitrogens with one attached hydrogen (secondary N) is 1. The number of carbonyl (C=O) groups excluding carboxylic acids is 1. The molecule has 10 nitrogen and oxygen atoms in total. The molecule has 0 saturated carbocycles. The van der Waals surface area contributed by atoms with E-state index in [-0.39, 0.29) is 12.5 Å². The van der Waals surface area contributed by atoms with Gasteiger partial charge >= 0.3 is 0 Å². The van der Waals surface area contributed by atoms with Crippen LogP contribution in [-0.4, -0.2) is 63.6 Å². The molecule has 1 amide bonds. The van der Waals surface area contributed by atoms with Crippen LogP contribution in [0.1, 0.15) is 27.6 Å². The summed E-state index contributed by atoms with van der Waals surface area (Å²) in [5.74, 6) is 2.11. The van der Waals surface area contributed by atoms with Crippen LogP contribution in [0.4, 0.5) is 10.2 Å². The van der Waals surface area contributed by atoms with Gasteiger partial charge in [-0.2, -0.15) is 4.98 Å². The first kappa shape index (κ1) is 27.7. The van der Waals surface area contributed by atoms with Gasteiger partial charge < -0.3 is 23.9 Å². The van der Waals surface area contributed by atoms with Gasteiger partial charge in [0.05, 0.1) is 23.8 Å². The lowest BCUT2D eigenvalue weighted by Gasteiger charge is -2.35. The Kier molecular flexibility index (Phi) is 8.02. The molecule has 1 aliphatic heterocycles. The number of oxazole rings is 1. The molecular formula is C30H29ClFN7O3. The Morgan fingerprint density at radius 2 is 1.93 bits per heavy atom. The number of pyridine rings is 1. The Labute approximate surface area is 246 Å². The van der Waals surface area contributed by atoms with Gasteiger partial charge in [0.15, 0.2) is 0 Å². The second-order valence-corrected chi connectivity index (χ2v) is 10.4. The Balaban J connectivity index is 1.13. The van der Waals surface area contributed by atoms with Crippen LogP contribution in [0.2, 0.25) is 5.02 Å². The number of anilines is 1. The summed E-state index contributed by atoms with van der Waals surface area (Å²) in [4.78, 5) is 30.7. The molecule has 1 fully saturated rings. The van der Waals surface area contributed by atoms with Crippen molar-refractivity contribution in [3.05, 3.63) is 101 Å². The van der Waals surface area contributed by atoms with E-state index >= 15 is 0 Å². The number of ether oxygens (including phenoxy) is 1. The molecule has 2 aromatic carbocycles. The highest BCUT2D eigenvalue weighted by Gasteiger charge is 2.22. The monoisotopic (exact) mass is 589 g/mol. The summed E-state index contributed by atoms with van der Waals surface area (Å²) in [6.07, 6.45) is 3.17. The van der Waals surface area contributed by atoms with Gasteiger partial charge in [-0.05, 0) is 36.4 Å². The molecule has 216 valence electrons. The second-order valence-electron chi connectivity index (χ2n) is 9.94. The van der Waals surface area contributed by atoms with Gasteiger partial charge in [0.2, 0.25) is 11.8 Å². The zero-order valence-corrected chi connectivity index (χ0v) is 23.7. The van der Waals surface area contributed by atoms with Gasteiger partial charge in [-0.3, -0.25) is 9.69 Å². The molecule has 0 atom stereocenters. The first-order chi connectivity index (χ1) is 20.5. The molecule has 42 heavy (non-hydrogen) atoms. The fraction of sp³-hybridized carbons (Fsp3) is 0.267. The number of carbonyl (C=O) groups is 1. The lowest BCUT2D eigenvalue weighted by atomic mass is 10.2. The van der Waals surface area contributed by atoms with Gasteiger partial charge in [0, 0.05) is 55.4 Å². The molecule has 3 aromatic heterocycles. The fourth-order valence-electron chi connectivity index (χ4n) is 5.01. The molecular weight excluding hydrogens is 561 g/mol. The van der Waals surface area contributed by atoms with Crippen molar-refractivity contribution in [2.24, 2.45) is 0 Å². The lowest BCUT2D eigenvalue weighted by molar-refractivity contribution is 0.0963. The van der Waals surface area contributed by atoms with Crippen molar-refractivity contribution in [1.29, 1.82) is 0 Å². The van der Waals surface area contributed by atoms with E-state index in [0.717, 1.165) is 48.9 Å². The van der Waals surface area contributed by atoms with E-state index in [4.69, 9.17) is 25.7 Å². The minimum absolute atomic E-state index is 0.0619. The molecule has 4 heterocycles. The minimum atomic E-state index is -0.407. The van der Waals surface area contributed by atoms with Crippen LogP contribution in [0.25, 0.3) is 11.0 Å². The van der Waals surface area contributed by atoms with Crippen molar-refractivity contribution in [2.45, 2.75) is 19.7 Å². The van der Waals surface area contributed by atoms with Crippen LogP contribution in [-0.2, 0) is 19.7 Å². The number of aromatic nitrogens is 4. The molecule has 6 rings (SSSR count). The normalized spacial score (nSPS) is 13.9. The first-order valence-electron chi connectivity index (χ1n) is 13.6. The Bertz CT molecular complexity index is 1700. The topological polar surface area (TPSA) is 102 Å². The maximum Gasteiger partial charge on any atom is 0.251 e. The number of halogens is 2. The average Bonchev–Trinajstić information content (AvgIpc) is 3.64. The van der Waals surface area contributed by atoms with Crippen LogP contribution < -0.4 is 15.0 Å². The molecule has 0 bridgehead atoms. The van der Waals surface area contributed by atoms with Crippen LogP contribution in [0, 0.1) is 5.82 Å². The first-order valence-corrected chi connectivity index (χ1v) is 14.0. The minimum Gasteiger partial charge on any atom is -0.473 e. The zero-order chi connectivity index (χ0) is 29.1. The molecule has 0 aliphatic carbocycles. The fourth-order valence-corrected chi connectivity index (χ4v) is 5.17. The van der Waals surface area contributed by atoms with Crippen LogP contribution in [0.15, 0.2) is 71.5 Å². The summed E-state index contributed by atoms with van der Waals surface area (Å²) in [6.45, 7) is 4.23. The van der Waals surface area contributed by atoms with Crippen molar-refractivity contribution < 1.29 is 18.3 Å². The molecule has 0 radical (unpaired) electrons. The standard InChI is InChI=1S/C30H29ClFN7O3/c1-33-30(40)20-6-8-24-25(15-20)39(18-29-34-9-14-41-29)27(35-24)17-37-10-12-38(13-11-37)26-3-2-4-28(36-26)42-19-21-5-7-22(31)16-23(21)32/h2-9,14-16H,10-13,17-19H2,1H3,(H,33,40). The molecule has 12 heteroatoms. The third-order valence-corrected chi connectivity index (χ3v) is 7.49. The highest BCUT2D eigenvalue weighted by molar-refractivity contribution is 6.30. The maximum atomic E-state index is 14.1. The van der Waals surface area contributed by atoms with Crippen molar-refractivity contribution in [1.82, 2.24) is 29.7 Å². The Morgan fingerprint density at radius 1 is 1.07 bits per heavy atom. The number of rotatable bonds is 9. The molecule has 0 spiro atoms. The van der Waals surface area contributed by atoms with Crippen molar-refractivity contribution in [3.63, 3.8) is 0 Å². The third kappa shape index (κ3) is 6.07. The van der Waals surface area contributed by atoms with Gasteiger partial charge in [-0.15, -0.1) is 0 Å². The van der Waals surface area contributed by atoms with Gasteiger partial charge in [0.1, 0.15) is 36.9 Å². The molecule has 1 aliphatic rings. The quantitative estimate of drug-likeness (QED) is 0.268. The smallest absolute Gasteiger partial charge is 0.251 e. The number of nitrogens with zero attached hydrogens (tertiary/aromatic N) is 6. The predicted octanol–water partition coefficient (Wildman–Crippen LogP) is 4.52. The Morgan fingerprint density at radius 3 is 2.69 bits per heavy atom. The molecule has 5 aromatic rings. The number of piperazine rings is 1. The zero-order valence-electron chi connectivity index (χ0n) is 23.0. The van der Waals surface area contributed by atoms with E-state index < -0.39 is 5.82 Å². The number of fused-ring (bicyclic) bond motifs is 1. The molecule has 1 saturated heterocycles. The summed E-state index contributed by atoms with van der Waals surface area (Å²) < 4.78 is 27.5. The van der Waals surface area contributed by atoms with Gasteiger partial charge in [-0.1, -0.05) is 23.7 Å². The number of amides is 1. The van der Waals surface area contributed by atoms with Crippen LogP contribution >= 0.6 is 11.6 Å². The summed E-state index contributed by atoms with van der Waals surface area (Å²) in [5.41, 5.74) is 2.64. The van der Waals surface area contributed by atoms with Gasteiger partial charge in [0.25, 0.3) is 5.91 Å². The summed E-state index contributed by atoms with van der Waals surface area (Å²) in [6, 6.07) is 15.6. The summed E-state index contributed by atoms with van der Waals surface area (Å²) in [5, 5.41) is 3.02. The van der Waals surface area contributed by atoms with E-state index in [1.165, 1.54) is 6.07 Å². The number of hydrogen-bond acceptors (Lipinski definition) is 8. The molecule has 1 N–H and O–H groups in total. The summed E-state index contributed by atoms with van der Waals surface area (Å²) >= 11 is 5.85. The highest BCUT2D eigenvalue weighted by Crippen LogP contribution is 2.23. The van der Waals surface area contributed by atoms with Crippen molar-refractivity contribution >= 4 is 34.4 Å². The lowest BCUT2D eigenvalue weighted by Crippen LogP contribution is -2.46. The number of imidazole rings is 1. The number of benzene rings is 2. The van der Waals surface area contributed by atoms with Crippen molar-refractivity contribution in [3.8, 4) is 5.88 Å². The number of hydrogen-bond donors (Lipinski definition) is 1. The SMILES string of the molecule is CNC(=O)c1ccc2nc(CN3CCN(c4cccc(OCc5ccc(Cl)cc5F)n4)CC3)n(Cc3ncco3)c2c1. The van der Waals surface area contributed by atoms with E-state index in [2.05, 4.69) is 29.7 Å². The predicted molar refractivity (Wildman–Crippen MR) is 156 cm³/mol. The van der Waals surface area contributed by atoms with Crippen LogP contribution in [0.3, 0.4) is 0 Å². The third-order valence-electron chi connectivity index (χ3n) is 7.25. The Hall–Kier alpha value is -4.48. The van der Waals surface area contributed by atoms with Crippen LogP contribution in [0.5, 0.6) is 5.88 Å². The summed E-state index contributed by atoms with van der Waals surface area (Å²) in [7, 11) is 1.61. The molecule has 0 unspecified atom stereocenters. The van der Waals surface area contributed by atoms with E-state index in [1.54, 1.807) is 43.8 Å². The van der Waals surface area contributed by atoms with E-state index in [0.29, 0.717) is 41.0 Å². The van der Waals surface area contributed by atoms with Gasteiger partial charge in [-0.25, -0.2) is 14.4 Å². The average molecular weight is 590 g/mol.